The van der Waals surface area contributed by atoms with Crippen LogP contribution in [0.5, 0.6) is 0 Å². The molecule has 0 saturated carbocycles. The van der Waals surface area contributed by atoms with E-state index in [2.05, 4.69) is 5.32 Å². The SMILES string of the molecule is CC(CN(CC(=O)OC(C)(C)C)CC(=O)OC(C)(C)C)CN(CC(=O)OC(C)(C)C)CC(Cc1ccc([N+](=O)[O-])cc1)NC(C(=O)OC(C)(C)C)C(=O)OC(C)(C)C. The number of carbonyl (C=O) groups is 5. The van der Waals surface area contributed by atoms with Gasteiger partial charge in [0.2, 0.25) is 6.04 Å². The Morgan fingerprint density at radius 1 is 0.586 bits per heavy atom. The van der Waals surface area contributed by atoms with Crippen LogP contribution in [0.4, 0.5) is 5.69 Å². The van der Waals surface area contributed by atoms with E-state index in [0.29, 0.717) is 5.56 Å². The van der Waals surface area contributed by atoms with Crippen molar-refractivity contribution in [2.45, 2.75) is 157 Å². The van der Waals surface area contributed by atoms with Crippen molar-refractivity contribution in [3.05, 3.63) is 39.9 Å². The Hall–Kier alpha value is -4.15. The van der Waals surface area contributed by atoms with E-state index in [-0.39, 0.29) is 57.3 Å². The second-order valence-electron chi connectivity index (χ2n) is 19.7. The fourth-order valence-corrected chi connectivity index (χ4v) is 5.71. The fourth-order valence-electron chi connectivity index (χ4n) is 5.71. The van der Waals surface area contributed by atoms with Crippen LogP contribution >= 0.6 is 0 Å². The molecule has 1 N–H and O–H groups in total. The summed E-state index contributed by atoms with van der Waals surface area (Å²) in [7, 11) is 0. The Kier molecular flexibility index (Phi) is 19.0. The molecule has 0 amide bonds. The molecule has 0 aromatic heterocycles. The van der Waals surface area contributed by atoms with Gasteiger partial charge in [-0.3, -0.25) is 39.6 Å². The Morgan fingerprint density at radius 2 is 0.931 bits per heavy atom. The van der Waals surface area contributed by atoms with Crippen LogP contribution < -0.4 is 5.32 Å². The summed E-state index contributed by atoms with van der Waals surface area (Å²) < 4.78 is 28.1. The largest absolute Gasteiger partial charge is 0.459 e. The quantitative estimate of drug-likeness (QED) is 0.0612. The summed E-state index contributed by atoms with van der Waals surface area (Å²) in [5.41, 5.74) is -3.69. The number of non-ortho nitro benzene ring substituents is 1. The van der Waals surface area contributed by atoms with E-state index in [1.54, 1.807) is 126 Å². The average Bonchev–Trinajstić information content (AvgIpc) is 2.94. The molecule has 2 unspecified atom stereocenters. The zero-order valence-electron chi connectivity index (χ0n) is 37.7. The summed E-state index contributed by atoms with van der Waals surface area (Å²) in [6.45, 7) is 27.5. The van der Waals surface area contributed by atoms with Crippen LogP contribution in [0.3, 0.4) is 0 Å². The third-order valence-electron chi connectivity index (χ3n) is 7.25. The maximum Gasteiger partial charge on any atom is 0.335 e. The summed E-state index contributed by atoms with van der Waals surface area (Å²) in [5.74, 6) is -3.64. The van der Waals surface area contributed by atoms with E-state index < -0.39 is 74.9 Å². The molecule has 58 heavy (non-hydrogen) atoms. The highest BCUT2D eigenvalue weighted by molar-refractivity contribution is 5.99. The monoisotopic (exact) mass is 822 g/mol. The van der Waals surface area contributed by atoms with Crippen molar-refractivity contribution in [1.82, 2.24) is 15.1 Å². The smallest absolute Gasteiger partial charge is 0.335 e. The Balaban J connectivity index is 3.70. The molecule has 330 valence electrons. The molecule has 1 rings (SSSR count). The molecule has 0 saturated heterocycles. The molecule has 0 bridgehead atoms. The third-order valence-corrected chi connectivity index (χ3v) is 7.25. The highest BCUT2D eigenvalue weighted by atomic mass is 16.6. The number of nitro groups is 1. The van der Waals surface area contributed by atoms with Gasteiger partial charge in [-0.05, 0) is 122 Å². The van der Waals surface area contributed by atoms with Gasteiger partial charge in [-0.15, -0.1) is 0 Å². The lowest BCUT2D eigenvalue weighted by molar-refractivity contribution is -0.384. The fraction of sp³-hybridized carbons (Fsp3) is 0.738. The number of carbonyl (C=O) groups excluding carboxylic acids is 5. The number of hydrogen-bond acceptors (Lipinski definition) is 15. The van der Waals surface area contributed by atoms with Gasteiger partial charge < -0.3 is 23.7 Å². The lowest BCUT2D eigenvalue weighted by atomic mass is 10.0. The Labute approximate surface area is 345 Å². The molecule has 2 atom stereocenters. The third kappa shape index (κ3) is 23.9. The first-order valence-corrected chi connectivity index (χ1v) is 19.6. The van der Waals surface area contributed by atoms with Crippen molar-refractivity contribution >= 4 is 35.5 Å². The normalized spacial score (nSPS) is 13.8. The van der Waals surface area contributed by atoms with Crippen LogP contribution in [-0.2, 0) is 54.1 Å². The molecule has 16 heteroatoms. The molecule has 16 nitrogen and oxygen atoms in total. The summed E-state index contributed by atoms with van der Waals surface area (Å²) >= 11 is 0. The van der Waals surface area contributed by atoms with E-state index in [0.717, 1.165) is 0 Å². The molecular weight excluding hydrogens is 752 g/mol. The molecule has 1 aromatic carbocycles. The van der Waals surface area contributed by atoms with E-state index in [1.807, 2.05) is 6.92 Å². The van der Waals surface area contributed by atoms with Crippen LogP contribution in [-0.4, -0.2) is 124 Å². The number of nitrogens with one attached hydrogen (secondary N) is 1. The van der Waals surface area contributed by atoms with Gasteiger partial charge >= 0.3 is 29.8 Å². The van der Waals surface area contributed by atoms with Gasteiger partial charge in [0.1, 0.15) is 28.0 Å². The van der Waals surface area contributed by atoms with Crippen molar-refractivity contribution in [3.63, 3.8) is 0 Å². The highest BCUT2D eigenvalue weighted by Crippen LogP contribution is 2.19. The van der Waals surface area contributed by atoms with Crippen molar-refractivity contribution in [3.8, 4) is 0 Å². The van der Waals surface area contributed by atoms with Gasteiger partial charge in [-0.25, -0.2) is 9.59 Å². The zero-order valence-corrected chi connectivity index (χ0v) is 37.7. The minimum Gasteiger partial charge on any atom is -0.459 e. The van der Waals surface area contributed by atoms with Crippen molar-refractivity contribution in [1.29, 1.82) is 0 Å². The number of nitrogens with zero attached hydrogens (tertiary/aromatic N) is 3. The number of hydrogen-bond donors (Lipinski definition) is 1. The topological polar surface area (TPSA) is 193 Å². The Bertz CT molecular complexity index is 1490. The molecule has 0 spiro atoms. The van der Waals surface area contributed by atoms with Gasteiger partial charge in [-0.1, -0.05) is 19.1 Å². The standard InChI is InChI=1S/C42H70N4O12/c1-28(23-45(26-33(48)55-39(5,6)7)27-34(49)56-40(8,9)10)22-44(25-32(47)54-38(2,3)4)24-30(21-29-17-19-31(20-18-29)46(52)53)43-35(36(50)57-41(11,12)13)37(51)58-42(14,15)16/h17-20,28,30,35,43H,21-27H2,1-16H3. The Morgan fingerprint density at radius 3 is 1.28 bits per heavy atom. The number of benzene rings is 1. The maximum absolute atomic E-state index is 13.6. The molecule has 1 aromatic rings. The van der Waals surface area contributed by atoms with Crippen LogP contribution in [0.25, 0.3) is 0 Å². The van der Waals surface area contributed by atoms with E-state index in [4.69, 9.17) is 23.7 Å². The average molecular weight is 823 g/mol. The van der Waals surface area contributed by atoms with Crippen LogP contribution in [0.15, 0.2) is 24.3 Å². The highest BCUT2D eigenvalue weighted by Gasteiger charge is 2.37. The van der Waals surface area contributed by atoms with E-state index in [1.165, 1.54) is 12.1 Å². The molecule has 0 aliphatic rings. The zero-order chi connectivity index (χ0) is 45.0. The lowest BCUT2D eigenvalue weighted by Crippen LogP contribution is -2.56. The van der Waals surface area contributed by atoms with Gasteiger partial charge in [0.05, 0.1) is 24.6 Å². The summed E-state index contributed by atoms with van der Waals surface area (Å²) in [5, 5.41) is 14.5. The van der Waals surface area contributed by atoms with Gasteiger partial charge in [-0.2, -0.15) is 0 Å². The molecule has 0 aliphatic heterocycles. The van der Waals surface area contributed by atoms with Gasteiger partial charge in [0, 0.05) is 37.8 Å². The molecular formula is C42H70N4O12. The minimum absolute atomic E-state index is 0.0563. The number of nitro benzene ring substituents is 1. The predicted octanol–water partition coefficient (Wildman–Crippen LogP) is 5.41. The number of ether oxygens (including phenoxy) is 5. The van der Waals surface area contributed by atoms with Crippen LogP contribution in [0.2, 0.25) is 0 Å². The predicted molar refractivity (Wildman–Crippen MR) is 219 cm³/mol. The maximum atomic E-state index is 13.6. The van der Waals surface area contributed by atoms with Crippen molar-refractivity contribution in [2.24, 2.45) is 5.92 Å². The summed E-state index contributed by atoms with van der Waals surface area (Å²) in [6, 6.07) is 3.54. The summed E-state index contributed by atoms with van der Waals surface area (Å²) in [6.07, 6.45) is 0.155. The van der Waals surface area contributed by atoms with Gasteiger partial charge in [0.15, 0.2) is 0 Å². The van der Waals surface area contributed by atoms with Crippen LogP contribution in [0, 0.1) is 16.0 Å². The first-order valence-electron chi connectivity index (χ1n) is 19.6. The van der Waals surface area contributed by atoms with Crippen molar-refractivity contribution < 1.29 is 52.6 Å². The first-order chi connectivity index (χ1) is 26.1. The first kappa shape index (κ1) is 51.9. The van der Waals surface area contributed by atoms with Gasteiger partial charge in [0.25, 0.3) is 5.69 Å². The van der Waals surface area contributed by atoms with Crippen LogP contribution in [0.1, 0.15) is 116 Å². The number of esters is 5. The van der Waals surface area contributed by atoms with E-state index in [9.17, 15) is 34.1 Å². The van der Waals surface area contributed by atoms with E-state index >= 15 is 0 Å². The molecule has 0 heterocycles. The molecule has 0 fully saturated rings. The van der Waals surface area contributed by atoms with Crippen molar-refractivity contribution in [2.75, 3.05) is 39.3 Å². The molecule has 0 aliphatic carbocycles. The minimum atomic E-state index is -1.58. The lowest BCUT2D eigenvalue weighted by Gasteiger charge is -2.34. The molecule has 0 radical (unpaired) electrons. The number of rotatable bonds is 19. The second-order valence-corrected chi connectivity index (χ2v) is 19.7. The second kappa shape index (κ2) is 21.2. The summed E-state index contributed by atoms with van der Waals surface area (Å²) in [4.78, 5) is 80.9.